The molecule has 0 amide bonds. The fourth-order valence-electron chi connectivity index (χ4n) is 1.50. The van der Waals surface area contributed by atoms with Crippen molar-refractivity contribution in [2.24, 2.45) is 0 Å². The van der Waals surface area contributed by atoms with Gasteiger partial charge in [-0.05, 0) is 25.5 Å². The quantitative estimate of drug-likeness (QED) is 0.774. The van der Waals surface area contributed by atoms with E-state index in [4.69, 9.17) is 4.74 Å². The van der Waals surface area contributed by atoms with Crippen molar-refractivity contribution >= 4 is 5.69 Å². The summed E-state index contributed by atoms with van der Waals surface area (Å²) in [6, 6.07) is 8.56. The van der Waals surface area contributed by atoms with Crippen LogP contribution in [0.25, 0.3) is 0 Å². The average molecular weight is 193 g/mol. The van der Waals surface area contributed by atoms with Gasteiger partial charge in [0.05, 0.1) is 7.11 Å². The van der Waals surface area contributed by atoms with E-state index in [-0.39, 0.29) is 0 Å². The Morgan fingerprint density at radius 1 is 1.43 bits per heavy atom. The molecule has 0 saturated heterocycles. The molecule has 2 nitrogen and oxygen atoms in total. The fraction of sp³-hybridized carbons (Fsp3) is 0.500. The van der Waals surface area contributed by atoms with Crippen molar-refractivity contribution in [3.63, 3.8) is 0 Å². The van der Waals surface area contributed by atoms with Gasteiger partial charge in [0.15, 0.2) is 0 Å². The molecular weight excluding hydrogens is 174 g/mol. The van der Waals surface area contributed by atoms with Crippen LogP contribution in [0.4, 0.5) is 5.69 Å². The molecule has 0 heterocycles. The van der Waals surface area contributed by atoms with Crippen molar-refractivity contribution in [2.75, 3.05) is 12.4 Å². The molecular formula is C12H19NO. The van der Waals surface area contributed by atoms with Crippen molar-refractivity contribution < 1.29 is 4.74 Å². The van der Waals surface area contributed by atoms with Crippen molar-refractivity contribution in [3.8, 4) is 5.75 Å². The van der Waals surface area contributed by atoms with Gasteiger partial charge in [0.1, 0.15) is 5.75 Å². The third-order valence-electron chi connectivity index (χ3n) is 2.20. The zero-order chi connectivity index (χ0) is 10.4. The molecule has 0 aliphatic rings. The maximum atomic E-state index is 5.16. The minimum Gasteiger partial charge on any atom is -0.497 e. The van der Waals surface area contributed by atoms with Crippen molar-refractivity contribution in [2.45, 2.75) is 32.7 Å². The predicted molar refractivity (Wildman–Crippen MR) is 61.0 cm³/mol. The molecule has 1 atom stereocenters. The molecule has 0 bridgehead atoms. The summed E-state index contributed by atoms with van der Waals surface area (Å²) in [5.41, 5.74) is 1.13. The summed E-state index contributed by atoms with van der Waals surface area (Å²) in [6.07, 6.45) is 2.40. The van der Waals surface area contributed by atoms with Crippen LogP contribution in [0.2, 0.25) is 0 Å². The number of nitrogens with one attached hydrogen (secondary N) is 1. The summed E-state index contributed by atoms with van der Waals surface area (Å²) >= 11 is 0. The Bertz CT molecular complexity index is 273. The monoisotopic (exact) mass is 193 g/mol. The van der Waals surface area contributed by atoms with Gasteiger partial charge in [-0.15, -0.1) is 0 Å². The Hall–Kier alpha value is -1.18. The zero-order valence-corrected chi connectivity index (χ0v) is 9.21. The maximum absolute atomic E-state index is 5.16. The molecule has 0 aliphatic heterocycles. The van der Waals surface area contributed by atoms with E-state index in [9.17, 15) is 0 Å². The molecule has 14 heavy (non-hydrogen) atoms. The number of benzene rings is 1. The van der Waals surface area contributed by atoms with Crippen LogP contribution in [0.3, 0.4) is 0 Å². The van der Waals surface area contributed by atoms with Crippen molar-refractivity contribution in [1.82, 2.24) is 0 Å². The molecule has 2 heteroatoms. The summed E-state index contributed by atoms with van der Waals surface area (Å²) in [4.78, 5) is 0. The molecule has 0 aromatic heterocycles. The highest BCUT2D eigenvalue weighted by Crippen LogP contribution is 2.18. The van der Waals surface area contributed by atoms with Crippen LogP contribution in [0.15, 0.2) is 24.3 Å². The van der Waals surface area contributed by atoms with Gasteiger partial charge in [-0.25, -0.2) is 0 Å². The van der Waals surface area contributed by atoms with Crippen LogP contribution in [-0.4, -0.2) is 13.2 Å². The van der Waals surface area contributed by atoms with Crippen molar-refractivity contribution in [3.05, 3.63) is 24.3 Å². The van der Waals surface area contributed by atoms with Gasteiger partial charge < -0.3 is 10.1 Å². The largest absolute Gasteiger partial charge is 0.497 e. The van der Waals surface area contributed by atoms with Crippen LogP contribution in [0.1, 0.15) is 26.7 Å². The van der Waals surface area contributed by atoms with E-state index in [0.717, 1.165) is 11.4 Å². The molecule has 0 fully saturated rings. The van der Waals surface area contributed by atoms with Gasteiger partial charge in [-0.1, -0.05) is 19.4 Å². The van der Waals surface area contributed by atoms with Crippen LogP contribution >= 0.6 is 0 Å². The van der Waals surface area contributed by atoms with Crippen LogP contribution < -0.4 is 10.1 Å². The van der Waals surface area contributed by atoms with Crippen LogP contribution in [-0.2, 0) is 0 Å². The second-order valence-electron chi connectivity index (χ2n) is 3.57. The highest BCUT2D eigenvalue weighted by Gasteiger charge is 2.00. The normalized spacial score (nSPS) is 12.2. The smallest absolute Gasteiger partial charge is 0.120 e. The molecule has 0 radical (unpaired) electrons. The standard InChI is InChI=1S/C12H19NO/c1-4-6-10(2)13-11-7-5-8-12(9-11)14-3/h5,7-10,13H,4,6H2,1-3H3/t10-/m1/s1. The van der Waals surface area contributed by atoms with Crippen LogP contribution in [0, 0.1) is 0 Å². The third-order valence-corrected chi connectivity index (χ3v) is 2.20. The second-order valence-corrected chi connectivity index (χ2v) is 3.57. The van der Waals surface area contributed by atoms with Crippen molar-refractivity contribution in [1.29, 1.82) is 0 Å². The second kappa shape index (κ2) is 5.53. The molecule has 0 unspecified atom stereocenters. The zero-order valence-electron chi connectivity index (χ0n) is 9.21. The van der Waals surface area contributed by atoms with E-state index in [2.05, 4.69) is 25.2 Å². The first-order valence-electron chi connectivity index (χ1n) is 5.17. The Balaban J connectivity index is 2.57. The SMILES string of the molecule is CCC[C@@H](C)Nc1cccc(OC)c1. The highest BCUT2D eigenvalue weighted by atomic mass is 16.5. The number of rotatable bonds is 5. The summed E-state index contributed by atoms with van der Waals surface area (Å²) < 4.78 is 5.16. The molecule has 1 aromatic carbocycles. The number of hydrogen-bond acceptors (Lipinski definition) is 2. The van der Waals surface area contributed by atoms with Gasteiger partial charge in [0, 0.05) is 17.8 Å². The third kappa shape index (κ3) is 3.29. The van der Waals surface area contributed by atoms with E-state index < -0.39 is 0 Å². The minimum atomic E-state index is 0.520. The molecule has 1 N–H and O–H groups in total. The predicted octanol–water partition coefficient (Wildman–Crippen LogP) is 3.30. The molecule has 0 aliphatic carbocycles. The Kier molecular flexibility index (Phi) is 4.30. The molecule has 0 saturated carbocycles. The first kappa shape index (κ1) is 10.9. The van der Waals surface area contributed by atoms with E-state index in [1.54, 1.807) is 7.11 Å². The Morgan fingerprint density at radius 3 is 2.86 bits per heavy atom. The molecule has 78 valence electrons. The lowest BCUT2D eigenvalue weighted by atomic mass is 10.2. The first-order valence-corrected chi connectivity index (χ1v) is 5.17. The Morgan fingerprint density at radius 2 is 2.21 bits per heavy atom. The Labute approximate surface area is 86.3 Å². The minimum absolute atomic E-state index is 0.520. The van der Waals surface area contributed by atoms with Gasteiger partial charge in [0.2, 0.25) is 0 Å². The average Bonchev–Trinajstić information content (AvgIpc) is 2.18. The first-order chi connectivity index (χ1) is 6.76. The van der Waals surface area contributed by atoms with Gasteiger partial charge in [-0.2, -0.15) is 0 Å². The summed E-state index contributed by atoms with van der Waals surface area (Å²) in [5, 5.41) is 3.44. The van der Waals surface area contributed by atoms with Gasteiger partial charge >= 0.3 is 0 Å². The van der Waals surface area contributed by atoms with E-state index in [1.807, 2.05) is 18.2 Å². The van der Waals surface area contributed by atoms with E-state index in [0.29, 0.717) is 6.04 Å². The number of ether oxygens (including phenoxy) is 1. The molecule has 0 spiro atoms. The maximum Gasteiger partial charge on any atom is 0.120 e. The van der Waals surface area contributed by atoms with Gasteiger partial charge in [0.25, 0.3) is 0 Å². The summed E-state index contributed by atoms with van der Waals surface area (Å²) in [6.45, 7) is 4.40. The topological polar surface area (TPSA) is 21.3 Å². The number of anilines is 1. The summed E-state index contributed by atoms with van der Waals surface area (Å²) in [5.74, 6) is 0.902. The fourth-order valence-corrected chi connectivity index (χ4v) is 1.50. The van der Waals surface area contributed by atoms with Crippen LogP contribution in [0.5, 0.6) is 5.75 Å². The summed E-state index contributed by atoms with van der Waals surface area (Å²) in [7, 11) is 1.69. The number of methoxy groups -OCH3 is 1. The molecule has 1 aromatic rings. The highest BCUT2D eigenvalue weighted by molar-refractivity contribution is 5.48. The number of hydrogen-bond donors (Lipinski definition) is 1. The lowest BCUT2D eigenvalue weighted by Gasteiger charge is -2.14. The lowest BCUT2D eigenvalue weighted by molar-refractivity contribution is 0.415. The van der Waals surface area contributed by atoms with E-state index >= 15 is 0 Å². The van der Waals surface area contributed by atoms with Gasteiger partial charge in [-0.3, -0.25) is 0 Å². The van der Waals surface area contributed by atoms with E-state index in [1.165, 1.54) is 12.8 Å². The lowest BCUT2D eigenvalue weighted by Crippen LogP contribution is -2.14. The molecule has 1 rings (SSSR count).